The molecule has 0 radical (unpaired) electrons. The van der Waals surface area contributed by atoms with Crippen molar-refractivity contribution in [3.63, 3.8) is 0 Å². The van der Waals surface area contributed by atoms with Crippen molar-refractivity contribution in [3.8, 4) is 0 Å². The molecule has 1 fully saturated rings. The fourth-order valence-electron chi connectivity index (χ4n) is 3.40. The van der Waals surface area contributed by atoms with Crippen LogP contribution in [0.25, 0.3) is 0 Å². The van der Waals surface area contributed by atoms with Crippen LogP contribution in [-0.2, 0) is 11.3 Å². The van der Waals surface area contributed by atoms with Gasteiger partial charge in [0.25, 0.3) is 0 Å². The van der Waals surface area contributed by atoms with Crippen LogP contribution in [0.4, 0.5) is 5.13 Å². The number of piperidine rings is 1. The second-order valence-electron chi connectivity index (χ2n) is 6.72. The maximum Gasteiger partial charge on any atom is 0.233 e. The first kappa shape index (κ1) is 18.1. The average Bonchev–Trinajstić information content (AvgIpc) is 3.08. The van der Waals surface area contributed by atoms with E-state index in [1.807, 2.05) is 30.3 Å². The zero-order valence-electron chi connectivity index (χ0n) is 14.9. The Bertz CT molecular complexity index is 665. The Balaban J connectivity index is 1.61. The van der Waals surface area contributed by atoms with Gasteiger partial charge in [-0.15, -0.1) is 11.3 Å². The molecule has 1 saturated heterocycles. The van der Waals surface area contributed by atoms with E-state index in [1.165, 1.54) is 30.6 Å². The first-order chi connectivity index (χ1) is 12.3. The van der Waals surface area contributed by atoms with E-state index in [2.05, 4.69) is 27.5 Å². The minimum Gasteiger partial charge on any atom is -0.301 e. The van der Waals surface area contributed by atoms with Gasteiger partial charge in [-0.2, -0.15) is 0 Å². The predicted octanol–water partition coefficient (Wildman–Crippen LogP) is 4.65. The molecule has 1 aromatic carbocycles. The lowest BCUT2D eigenvalue weighted by Crippen LogP contribution is -2.29. The van der Waals surface area contributed by atoms with Crippen LogP contribution in [0.3, 0.4) is 0 Å². The lowest BCUT2D eigenvalue weighted by Gasteiger charge is -2.25. The molecule has 1 atom stereocenters. The van der Waals surface area contributed by atoms with Gasteiger partial charge in [0.05, 0.1) is 11.6 Å². The Hall–Kier alpha value is -1.72. The summed E-state index contributed by atoms with van der Waals surface area (Å²) in [5.74, 6) is -0.0624. The number of hydrogen-bond acceptors (Lipinski definition) is 4. The third-order valence-corrected chi connectivity index (χ3v) is 5.52. The maximum absolute atomic E-state index is 12.7. The van der Waals surface area contributed by atoms with Crippen LogP contribution < -0.4 is 5.32 Å². The highest BCUT2D eigenvalue weighted by Gasteiger charge is 2.21. The standard InChI is InChI=1S/C20H27N3OS/c1-2-9-18(16-10-5-3-6-11-16)19(24)22-20-21-17(15-25-20)14-23-12-7-4-8-13-23/h3,5-6,10-11,15,18H,2,4,7-9,12-14H2,1H3,(H,21,22,24). The Kier molecular flexibility index (Phi) is 6.59. The molecule has 0 spiro atoms. The number of likely N-dealkylation sites (tertiary alicyclic amines) is 1. The number of nitrogens with one attached hydrogen (secondary N) is 1. The Morgan fingerprint density at radius 2 is 2.00 bits per heavy atom. The number of rotatable bonds is 7. The van der Waals surface area contributed by atoms with Gasteiger partial charge < -0.3 is 5.32 Å². The lowest BCUT2D eigenvalue weighted by molar-refractivity contribution is -0.117. The molecule has 134 valence electrons. The molecule has 2 aromatic rings. The molecule has 1 aliphatic rings. The van der Waals surface area contributed by atoms with Gasteiger partial charge in [-0.3, -0.25) is 9.69 Å². The third-order valence-electron chi connectivity index (χ3n) is 4.71. The molecule has 0 saturated carbocycles. The van der Waals surface area contributed by atoms with E-state index in [4.69, 9.17) is 0 Å². The van der Waals surface area contributed by atoms with Crippen molar-refractivity contribution in [2.75, 3.05) is 18.4 Å². The number of thiazole rings is 1. The summed E-state index contributed by atoms with van der Waals surface area (Å²) in [4.78, 5) is 19.8. The molecular formula is C20H27N3OS. The molecule has 3 rings (SSSR count). The number of carbonyl (C=O) groups excluding carboxylic acids is 1. The third kappa shape index (κ3) is 5.13. The number of amides is 1. The minimum absolute atomic E-state index is 0.0481. The SMILES string of the molecule is CCCC(C(=O)Nc1nc(CN2CCCCC2)cs1)c1ccccc1. The molecular weight excluding hydrogens is 330 g/mol. The van der Waals surface area contributed by atoms with Crippen LogP contribution in [-0.4, -0.2) is 28.9 Å². The first-order valence-electron chi connectivity index (χ1n) is 9.29. The summed E-state index contributed by atoms with van der Waals surface area (Å²) in [6, 6.07) is 10.0. The largest absolute Gasteiger partial charge is 0.301 e. The average molecular weight is 358 g/mol. The first-order valence-corrected chi connectivity index (χ1v) is 10.2. The summed E-state index contributed by atoms with van der Waals surface area (Å²) in [6.07, 6.45) is 5.73. The number of nitrogens with zero attached hydrogens (tertiary/aromatic N) is 2. The molecule has 5 heteroatoms. The molecule has 0 bridgehead atoms. The number of benzene rings is 1. The van der Waals surface area contributed by atoms with E-state index in [0.29, 0.717) is 5.13 Å². The second kappa shape index (κ2) is 9.11. The highest BCUT2D eigenvalue weighted by atomic mass is 32.1. The van der Waals surface area contributed by atoms with Gasteiger partial charge in [-0.05, 0) is 37.9 Å². The maximum atomic E-state index is 12.7. The van der Waals surface area contributed by atoms with Crippen LogP contribution in [0, 0.1) is 0 Å². The number of hydrogen-bond donors (Lipinski definition) is 1. The van der Waals surface area contributed by atoms with Crippen molar-refractivity contribution >= 4 is 22.4 Å². The van der Waals surface area contributed by atoms with Crippen LogP contribution in [0.5, 0.6) is 0 Å². The number of anilines is 1. The topological polar surface area (TPSA) is 45.2 Å². The number of aromatic nitrogens is 1. The predicted molar refractivity (Wildman–Crippen MR) is 104 cm³/mol. The van der Waals surface area contributed by atoms with E-state index in [9.17, 15) is 4.79 Å². The summed E-state index contributed by atoms with van der Waals surface area (Å²) in [7, 11) is 0. The zero-order chi connectivity index (χ0) is 17.5. The Labute approximate surface area is 154 Å². The molecule has 25 heavy (non-hydrogen) atoms. The van der Waals surface area contributed by atoms with E-state index >= 15 is 0 Å². The highest BCUT2D eigenvalue weighted by molar-refractivity contribution is 7.13. The van der Waals surface area contributed by atoms with Crippen LogP contribution >= 0.6 is 11.3 Å². The van der Waals surface area contributed by atoms with Crippen molar-refractivity contribution in [2.45, 2.75) is 51.5 Å². The Morgan fingerprint density at radius 1 is 1.24 bits per heavy atom. The van der Waals surface area contributed by atoms with Crippen LogP contribution in [0.15, 0.2) is 35.7 Å². The normalized spacial score (nSPS) is 16.5. The van der Waals surface area contributed by atoms with Crippen molar-refractivity contribution in [2.24, 2.45) is 0 Å². The second-order valence-corrected chi connectivity index (χ2v) is 7.58. The van der Waals surface area contributed by atoms with Crippen LogP contribution in [0.2, 0.25) is 0 Å². The van der Waals surface area contributed by atoms with Gasteiger partial charge in [0.15, 0.2) is 5.13 Å². The summed E-state index contributed by atoms with van der Waals surface area (Å²) in [5, 5.41) is 5.82. The van der Waals surface area contributed by atoms with E-state index in [-0.39, 0.29) is 11.8 Å². The van der Waals surface area contributed by atoms with Gasteiger partial charge in [0, 0.05) is 11.9 Å². The van der Waals surface area contributed by atoms with Crippen molar-refractivity contribution in [1.82, 2.24) is 9.88 Å². The zero-order valence-corrected chi connectivity index (χ0v) is 15.7. The fourth-order valence-corrected chi connectivity index (χ4v) is 4.10. The summed E-state index contributed by atoms with van der Waals surface area (Å²) in [5.41, 5.74) is 2.14. The summed E-state index contributed by atoms with van der Waals surface area (Å²) < 4.78 is 0. The van der Waals surface area contributed by atoms with Crippen molar-refractivity contribution < 1.29 is 4.79 Å². The van der Waals surface area contributed by atoms with Gasteiger partial charge in [-0.1, -0.05) is 50.1 Å². The van der Waals surface area contributed by atoms with E-state index in [1.54, 1.807) is 0 Å². The minimum atomic E-state index is -0.111. The van der Waals surface area contributed by atoms with Gasteiger partial charge in [0.1, 0.15) is 0 Å². The fraction of sp³-hybridized carbons (Fsp3) is 0.500. The molecule has 1 N–H and O–H groups in total. The highest BCUT2D eigenvalue weighted by Crippen LogP contribution is 2.25. The number of carbonyl (C=O) groups is 1. The lowest BCUT2D eigenvalue weighted by atomic mass is 9.94. The van der Waals surface area contributed by atoms with E-state index < -0.39 is 0 Å². The smallest absolute Gasteiger partial charge is 0.233 e. The van der Waals surface area contributed by atoms with Crippen molar-refractivity contribution in [3.05, 3.63) is 47.0 Å². The molecule has 4 nitrogen and oxygen atoms in total. The monoisotopic (exact) mass is 357 g/mol. The molecule has 1 amide bonds. The summed E-state index contributed by atoms with van der Waals surface area (Å²) in [6.45, 7) is 5.32. The molecule has 2 heterocycles. The van der Waals surface area contributed by atoms with Gasteiger partial charge in [-0.25, -0.2) is 4.98 Å². The van der Waals surface area contributed by atoms with Crippen molar-refractivity contribution in [1.29, 1.82) is 0 Å². The molecule has 1 aromatic heterocycles. The summed E-state index contributed by atoms with van der Waals surface area (Å²) >= 11 is 1.53. The van der Waals surface area contributed by atoms with Crippen LogP contribution in [0.1, 0.15) is 56.2 Å². The molecule has 1 aliphatic heterocycles. The van der Waals surface area contributed by atoms with Gasteiger partial charge >= 0.3 is 0 Å². The van der Waals surface area contributed by atoms with Gasteiger partial charge in [0.2, 0.25) is 5.91 Å². The molecule has 0 aliphatic carbocycles. The Morgan fingerprint density at radius 3 is 2.72 bits per heavy atom. The molecule has 1 unspecified atom stereocenters. The quantitative estimate of drug-likeness (QED) is 0.784. The van der Waals surface area contributed by atoms with E-state index in [0.717, 1.165) is 43.7 Å².